The normalized spacial score (nSPS) is 11.8. The van der Waals surface area contributed by atoms with E-state index in [0.29, 0.717) is 12.4 Å². The van der Waals surface area contributed by atoms with E-state index in [2.05, 4.69) is 48.3 Å². The van der Waals surface area contributed by atoms with Crippen molar-refractivity contribution in [2.24, 2.45) is 0 Å². The summed E-state index contributed by atoms with van der Waals surface area (Å²) in [5.74, 6) is 0.600. The summed E-state index contributed by atoms with van der Waals surface area (Å²) in [7, 11) is 0. The number of tetrazole rings is 1. The molecule has 0 atom stereocenters. The van der Waals surface area contributed by atoms with Gasteiger partial charge in [-0.15, -0.1) is 5.10 Å². The molecule has 0 saturated heterocycles. The van der Waals surface area contributed by atoms with Crippen molar-refractivity contribution in [3.63, 3.8) is 0 Å². The van der Waals surface area contributed by atoms with E-state index in [4.69, 9.17) is 4.98 Å². The van der Waals surface area contributed by atoms with Gasteiger partial charge in [-0.3, -0.25) is 14.1 Å². The standard InChI is InChI=1S/C25H31N7O/c1-5-6-7-10-19-17-32(25(2,3)4)24(33)31(19)16-18-13-14-22(26-15-18)20-11-8-9-12-21(20)23-27-29-30-28-23/h8-9,11-15,17H,5-7,10,16H2,1-4H3,(H,27,28,29,30). The predicted molar refractivity (Wildman–Crippen MR) is 129 cm³/mol. The molecule has 1 aromatic carbocycles. The summed E-state index contributed by atoms with van der Waals surface area (Å²) in [6.45, 7) is 8.88. The van der Waals surface area contributed by atoms with Gasteiger partial charge in [0.25, 0.3) is 0 Å². The van der Waals surface area contributed by atoms with Crippen LogP contribution in [0.2, 0.25) is 0 Å². The molecule has 0 aliphatic heterocycles. The van der Waals surface area contributed by atoms with Gasteiger partial charge in [0, 0.05) is 34.8 Å². The Bertz CT molecular complexity index is 1250. The van der Waals surface area contributed by atoms with Gasteiger partial charge in [-0.25, -0.2) is 9.89 Å². The van der Waals surface area contributed by atoms with Crippen LogP contribution in [0.25, 0.3) is 22.6 Å². The van der Waals surface area contributed by atoms with Crippen LogP contribution in [0.5, 0.6) is 0 Å². The largest absolute Gasteiger partial charge is 0.329 e. The maximum Gasteiger partial charge on any atom is 0.329 e. The number of nitrogens with one attached hydrogen (secondary N) is 1. The SMILES string of the molecule is CCCCCc1cn(C(C)(C)C)c(=O)n1Cc1ccc(-c2ccccc2-c2nnn[nH]2)nc1. The molecule has 0 fully saturated rings. The van der Waals surface area contributed by atoms with Crippen LogP contribution < -0.4 is 5.69 Å². The van der Waals surface area contributed by atoms with Crippen LogP contribution in [-0.2, 0) is 18.5 Å². The van der Waals surface area contributed by atoms with Crippen molar-refractivity contribution < 1.29 is 0 Å². The van der Waals surface area contributed by atoms with Crippen LogP contribution in [0.15, 0.2) is 53.6 Å². The zero-order valence-electron chi connectivity index (χ0n) is 19.7. The average molecular weight is 446 g/mol. The van der Waals surface area contributed by atoms with Gasteiger partial charge >= 0.3 is 5.69 Å². The fourth-order valence-corrected chi connectivity index (χ4v) is 3.98. The molecule has 0 amide bonds. The molecular weight excluding hydrogens is 414 g/mol. The molecule has 0 spiro atoms. The van der Waals surface area contributed by atoms with Gasteiger partial charge < -0.3 is 0 Å². The van der Waals surface area contributed by atoms with Crippen LogP contribution >= 0.6 is 0 Å². The third-order valence-electron chi connectivity index (χ3n) is 5.79. The van der Waals surface area contributed by atoms with Crippen molar-refractivity contribution in [1.29, 1.82) is 0 Å². The van der Waals surface area contributed by atoms with Crippen molar-refractivity contribution in [2.45, 2.75) is 65.5 Å². The first-order valence-corrected chi connectivity index (χ1v) is 11.5. The number of H-pyrrole nitrogens is 1. The summed E-state index contributed by atoms with van der Waals surface area (Å²) >= 11 is 0. The second-order valence-corrected chi connectivity index (χ2v) is 9.33. The molecule has 8 heteroatoms. The Labute approximate surface area is 193 Å². The van der Waals surface area contributed by atoms with Gasteiger partial charge in [-0.1, -0.05) is 50.1 Å². The predicted octanol–water partition coefficient (Wildman–Crippen LogP) is 4.43. The lowest BCUT2D eigenvalue weighted by Gasteiger charge is -2.19. The third-order valence-corrected chi connectivity index (χ3v) is 5.79. The Balaban J connectivity index is 1.63. The van der Waals surface area contributed by atoms with Crippen LogP contribution in [0.3, 0.4) is 0 Å². The Hall–Kier alpha value is -3.55. The summed E-state index contributed by atoms with van der Waals surface area (Å²) in [5, 5.41) is 14.2. The van der Waals surface area contributed by atoms with E-state index in [9.17, 15) is 4.79 Å². The molecule has 3 aromatic heterocycles. The Morgan fingerprint density at radius 3 is 2.45 bits per heavy atom. The molecule has 8 nitrogen and oxygen atoms in total. The number of hydrogen-bond acceptors (Lipinski definition) is 5. The van der Waals surface area contributed by atoms with Crippen molar-refractivity contribution in [3.8, 4) is 22.6 Å². The maximum absolute atomic E-state index is 13.2. The van der Waals surface area contributed by atoms with Crippen molar-refractivity contribution in [1.82, 2.24) is 34.7 Å². The average Bonchev–Trinajstić information content (AvgIpc) is 3.44. The van der Waals surface area contributed by atoms with Gasteiger partial charge in [0.1, 0.15) is 0 Å². The first-order valence-electron chi connectivity index (χ1n) is 11.5. The van der Waals surface area contributed by atoms with Gasteiger partial charge in [-0.05, 0) is 55.7 Å². The molecule has 0 aliphatic carbocycles. The summed E-state index contributed by atoms with van der Waals surface area (Å²) in [6.07, 6.45) is 8.17. The summed E-state index contributed by atoms with van der Waals surface area (Å²) in [4.78, 5) is 17.9. The molecule has 3 heterocycles. The summed E-state index contributed by atoms with van der Waals surface area (Å²) < 4.78 is 3.74. The molecule has 0 radical (unpaired) electrons. The van der Waals surface area contributed by atoms with Gasteiger partial charge in [-0.2, -0.15) is 0 Å². The molecule has 0 bridgehead atoms. The fourth-order valence-electron chi connectivity index (χ4n) is 3.98. The second-order valence-electron chi connectivity index (χ2n) is 9.33. The fraction of sp³-hybridized carbons (Fsp3) is 0.400. The summed E-state index contributed by atoms with van der Waals surface area (Å²) in [5.41, 5.74) is 4.50. The quantitative estimate of drug-likeness (QED) is 0.405. The Kier molecular flexibility index (Phi) is 6.53. The Morgan fingerprint density at radius 1 is 1.03 bits per heavy atom. The zero-order chi connectivity index (χ0) is 23.4. The number of aryl methyl sites for hydroxylation is 1. The third kappa shape index (κ3) is 4.94. The summed E-state index contributed by atoms with van der Waals surface area (Å²) in [6, 6.07) is 11.9. The lowest BCUT2D eigenvalue weighted by molar-refractivity contribution is 0.380. The molecule has 4 rings (SSSR count). The smallest absolute Gasteiger partial charge is 0.294 e. The minimum atomic E-state index is -0.261. The minimum Gasteiger partial charge on any atom is -0.294 e. The molecule has 0 saturated carbocycles. The topological polar surface area (TPSA) is 94.3 Å². The van der Waals surface area contributed by atoms with Gasteiger partial charge in [0.2, 0.25) is 0 Å². The van der Waals surface area contributed by atoms with E-state index in [1.807, 2.05) is 57.9 Å². The molecular formula is C25H31N7O. The number of nitrogens with zero attached hydrogens (tertiary/aromatic N) is 6. The molecule has 4 aromatic rings. The molecule has 0 unspecified atom stereocenters. The van der Waals surface area contributed by atoms with Crippen LogP contribution in [0.1, 0.15) is 58.2 Å². The highest BCUT2D eigenvalue weighted by atomic mass is 16.1. The highest BCUT2D eigenvalue weighted by Gasteiger charge is 2.20. The van der Waals surface area contributed by atoms with E-state index < -0.39 is 0 Å². The number of rotatable bonds is 8. The van der Waals surface area contributed by atoms with Crippen molar-refractivity contribution in [2.75, 3.05) is 0 Å². The monoisotopic (exact) mass is 445 g/mol. The van der Waals surface area contributed by atoms with E-state index >= 15 is 0 Å². The number of unbranched alkanes of at least 4 members (excludes halogenated alkanes) is 2. The van der Waals surface area contributed by atoms with Crippen molar-refractivity contribution >= 4 is 0 Å². The number of hydrogen-bond donors (Lipinski definition) is 1. The van der Waals surface area contributed by atoms with Crippen LogP contribution in [-0.4, -0.2) is 34.7 Å². The molecule has 172 valence electrons. The number of aromatic nitrogens is 7. The second kappa shape index (κ2) is 9.52. The van der Waals surface area contributed by atoms with Gasteiger partial charge in [0.05, 0.1) is 12.2 Å². The van der Waals surface area contributed by atoms with E-state index in [-0.39, 0.29) is 11.2 Å². The highest BCUT2D eigenvalue weighted by Crippen LogP contribution is 2.28. The molecule has 33 heavy (non-hydrogen) atoms. The first-order chi connectivity index (χ1) is 15.9. The first kappa shape index (κ1) is 22.6. The number of imidazole rings is 1. The minimum absolute atomic E-state index is 0.0289. The zero-order valence-corrected chi connectivity index (χ0v) is 19.7. The number of benzene rings is 1. The highest BCUT2D eigenvalue weighted by molar-refractivity contribution is 5.78. The lowest BCUT2D eigenvalue weighted by Crippen LogP contribution is -2.34. The molecule has 0 aliphatic rings. The van der Waals surface area contributed by atoms with E-state index in [1.54, 1.807) is 0 Å². The van der Waals surface area contributed by atoms with E-state index in [0.717, 1.165) is 53.8 Å². The Morgan fingerprint density at radius 2 is 1.82 bits per heavy atom. The van der Waals surface area contributed by atoms with Gasteiger partial charge in [0.15, 0.2) is 5.82 Å². The molecule has 1 N–H and O–H groups in total. The maximum atomic E-state index is 13.2. The van der Waals surface area contributed by atoms with Crippen LogP contribution in [0, 0.1) is 0 Å². The van der Waals surface area contributed by atoms with Crippen molar-refractivity contribution in [3.05, 3.63) is 70.5 Å². The lowest BCUT2D eigenvalue weighted by atomic mass is 10.0. The number of aromatic amines is 1. The van der Waals surface area contributed by atoms with E-state index in [1.165, 1.54) is 0 Å². The van der Waals surface area contributed by atoms with Crippen LogP contribution in [0.4, 0.5) is 0 Å². The number of pyridine rings is 1.